The average molecular weight is 294 g/mol. The Balaban J connectivity index is 1.91. The van der Waals surface area contributed by atoms with Crippen molar-refractivity contribution in [2.45, 2.75) is 0 Å². The Morgan fingerprint density at radius 3 is 2.57 bits per heavy atom. The Morgan fingerprint density at radius 1 is 1.00 bits per heavy atom. The minimum absolute atomic E-state index is 0.0486. The summed E-state index contributed by atoms with van der Waals surface area (Å²) in [5.74, 6) is -0.0486. The summed E-state index contributed by atoms with van der Waals surface area (Å²) in [5.41, 5.74) is 2.51. The van der Waals surface area contributed by atoms with Gasteiger partial charge >= 0.3 is 0 Å². The van der Waals surface area contributed by atoms with E-state index in [0.717, 1.165) is 16.5 Å². The normalized spacial score (nSPS) is 11.1. The molecule has 0 N–H and O–H groups in total. The lowest BCUT2D eigenvalue weighted by Crippen LogP contribution is -1.93. The lowest BCUT2D eigenvalue weighted by molar-refractivity contribution is 0.104. The third-order valence-corrected chi connectivity index (χ3v) is 3.48. The molecule has 21 heavy (non-hydrogen) atoms. The van der Waals surface area contributed by atoms with E-state index >= 15 is 0 Å². The number of para-hydroxylation sites is 1. The van der Waals surface area contributed by atoms with E-state index < -0.39 is 0 Å². The molecule has 0 aliphatic carbocycles. The van der Waals surface area contributed by atoms with Gasteiger partial charge in [-0.3, -0.25) is 9.78 Å². The maximum atomic E-state index is 12.1. The molecule has 0 spiro atoms. The van der Waals surface area contributed by atoms with Crippen molar-refractivity contribution in [3.05, 3.63) is 83.0 Å². The Kier molecular flexibility index (Phi) is 3.80. The molecular weight excluding hydrogens is 282 g/mol. The van der Waals surface area contributed by atoms with Crippen LogP contribution in [0.15, 0.2) is 66.9 Å². The van der Waals surface area contributed by atoms with Crippen molar-refractivity contribution in [1.29, 1.82) is 0 Å². The third kappa shape index (κ3) is 3.01. The number of halogens is 1. The SMILES string of the molecule is O=C(/C=C/c1ccnc2ccccc12)c1ccc(Cl)cc1. The van der Waals surface area contributed by atoms with Gasteiger partial charge in [0.05, 0.1) is 5.52 Å². The van der Waals surface area contributed by atoms with Crippen molar-refractivity contribution in [3.63, 3.8) is 0 Å². The number of allylic oxidation sites excluding steroid dienone is 1. The molecule has 0 bridgehead atoms. The zero-order chi connectivity index (χ0) is 14.7. The molecule has 102 valence electrons. The van der Waals surface area contributed by atoms with Crippen LogP contribution in [-0.2, 0) is 0 Å². The third-order valence-electron chi connectivity index (χ3n) is 3.23. The van der Waals surface area contributed by atoms with Crippen molar-refractivity contribution < 1.29 is 4.79 Å². The number of benzene rings is 2. The summed E-state index contributed by atoms with van der Waals surface area (Å²) >= 11 is 5.82. The molecule has 0 saturated carbocycles. The van der Waals surface area contributed by atoms with Crippen molar-refractivity contribution >= 4 is 34.4 Å². The second-order valence-corrected chi connectivity index (χ2v) is 5.06. The standard InChI is InChI=1S/C18H12ClNO/c19-15-8-5-14(6-9-15)18(21)10-7-13-11-12-20-17-4-2-1-3-16(13)17/h1-12H/b10-7+. The van der Waals surface area contributed by atoms with E-state index in [1.165, 1.54) is 0 Å². The Hall–Kier alpha value is -2.45. The van der Waals surface area contributed by atoms with Gasteiger partial charge in [0.25, 0.3) is 0 Å². The zero-order valence-corrected chi connectivity index (χ0v) is 11.9. The second kappa shape index (κ2) is 5.90. The smallest absolute Gasteiger partial charge is 0.185 e. The maximum Gasteiger partial charge on any atom is 0.185 e. The molecular formula is C18H12ClNO. The van der Waals surface area contributed by atoms with Crippen LogP contribution in [0, 0.1) is 0 Å². The Labute approximate surface area is 127 Å². The van der Waals surface area contributed by atoms with Gasteiger partial charge in [-0.25, -0.2) is 0 Å². The lowest BCUT2D eigenvalue weighted by atomic mass is 10.1. The zero-order valence-electron chi connectivity index (χ0n) is 11.2. The largest absolute Gasteiger partial charge is 0.289 e. The molecule has 0 aliphatic rings. The highest BCUT2D eigenvalue weighted by Gasteiger charge is 2.02. The van der Waals surface area contributed by atoms with Gasteiger partial charge in [0.1, 0.15) is 0 Å². The number of ketones is 1. The van der Waals surface area contributed by atoms with E-state index in [9.17, 15) is 4.79 Å². The summed E-state index contributed by atoms with van der Waals surface area (Å²) in [6.07, 6.45) is 5.14. The van der Waals surface area contributed by atoms with Crippen LogP contribution in [0.4, 0.5) is 0 Å². The molecule has 3 rings (SSSR count). The number of pyridine rings is 1. The number of carbonyl (C=O) groups excluding carboxylic acids is 1. The van der Waals surface area contributed by atoms with Gasteiger partial charge in [0, 0.05) is 22.2 Å². The van der Waals surface area contributed by atoms with Crippen LogP contribution in [0.1, 0.15) is 15.9 Å². The van der Waals surface area contributed by atoms with Gasteiger partial charge in [-0.05, 0) is 48.0 Å². The molecule has 2 nitrogen and oxygen atoms in total. The summed E-state index contributed by atoms with van der Waals surface area (Å²) < 4.78 is 0. The van der Waals surface area contributed by atoms with Crippen LogP contribution < -0.4 is 0 Å². The summed E-state index contributed by atoms with van der Waals surface area (Å²) in [6.45, 7) is 0. The number of fused-ring (bicyclic) bond motifs is 1. The van der Waals surface area contributed by atoms with Crippen molar-refractivity contribution in [2.24, 2.45) is 0 Å². The van der Waals surface area contributed by atoms with Gasteiger partial charge in [-0.15, -0.1) is 0 Å². The topological polar surface area (TPSA) is 30.0 Å². The van der Waals surface area contributed by atoms with Crippen LogP contribution in [0.2, 0.25) is 5.02 Å². The minimum Gasteiger partial charge on any atom is -0.289 e. The summed E-state index contributed by atoms with van der Waals surface area (Å²) in [6, 6.07) is 16.6. The number of carbonyl (C=O) groups is 1. The number of hydrogen-bond donors (Lipinski definition) is 0. The summed E-state index contributed by atoms with van der Waals surface area (Å²) in [7, 11) is 0. The van der Waals surface area contributed by atoms with Crippen molar-refractivity contribution in [1.82, 2.24) is 4.98 Å². The first-order valence-corrected chi connectivity index (χ1v) is 6.93. The van der Waals surface area contributed by atoms with E-state index in [0.29, 0.717) is 10.6 Å². The van der Waals surface area contributed by atoms with Crippen LogP contribution in [0.5, 0.6) is 0 Å². The molecule has 0 radical (unpaired) electrons. The summed E-state index contributed by atoms with van der Waals surface area (Å²) in [5, 5.41) is 1.65. The number of rotatable bonds is 3. The van der Waals surface area contributed by atoms with Gasteiger partial charge < -0.3 is 0 Å². The van der Waals surface area contributed by atoms with Crippen molar-refractivity contribution in [2.75, 3.05) is 0 Å². The Bertz CT molecular complexity index is 817. The fraction of sp³-hybridized carbons (Fsp3) is 0. The first-order valence-electron chi connectivity index (χ1n) is 6.56. The van der Waals surface area contributed by atoms with Gasteiger partial charge in [-0.1, -0.05) is 35.9 Å². The second-order valence-electron chi connectivity index (χ2n) is 4.62. The highest BCUT2D eigenvalue weighted by atomic mass is 35.5. The minimum atomic E-state index is -0.0486. The first-order chi connectivity index (χ1) is 10.2. The molecule has 1 aromatic heterocycles. The monoisotopic (exact) mass is 293 g/mol. The average Bonchev–Trinajstić information content (AvgIpc) is 2.53. The number of hydrogen-bond acceptors (Lipinski definition) is 2. The first kappa shape index (κ1) is 13.5. The van der Waals surface area contributed by atoms with Gasteiger partial charge in [0.15, 0.2) is 5.78 Å². The molecule has 0 saturated heterocycles. The van der Waals surface area contributed by atoms with E-state index in [1.807, 2.05) is 36.4 Å². The van der Waals surface area contributed by atoms with Crippen LogP contribution in [0.25, 0.3) is 17.0 Å². The molecule has 0 unspecified atom stereocenters. The highest BCUT2D eigenvalue weighted by molar-refractivity contribution is 6.30. The predicted molar refractivity (Wildman–Crippen MR) is 86.6 cm³/mol. The fourth-order valence-electron chi connectivity index (χ4n) is 2.14. The van der Waals surface area contributed by atoms with Crippen LogP contribution >= 0.6 is 11.6 Å². The molecule has 2 aromatic carbocycles. The molecule has 0 aliphatic heterocycles. The molecule has 1 heterocycles. The number of nitrogens with zero attached hydrogens (tertiary/aromatic N) is 1. The van der Waals surface area contributed by atoms with Crippen LogP contribution in [0.3, 0.4) is 0 Å². The van der Waals surface area contributed by atoms with E-state index in [1.54, 1.807) is 36.5 Å². The van der Waals surface area contributed by atoms with Gasteiger partial charge in [0.2, 0.25) is 0 Å². The molecule has 0 fully saturated rings. The molecule has 0 atom stereocenters. The molecule has 0 amide bonds. The fourth-order valence-corrected chi connectivity index (χ4v) is 2.27. The number of aromatic nitrogens is 1. The van der Waals surface area contributed by atoms with Crippen LogP contribution in [-0.4, -0.2) is 10.8 Å². The highest BCUT2D eigenvalue weighted by Crippen LogP contribution is 2.18. The molecule has 3 heteroatoms. The van der Waals surface area contributed by atoms with Gasteiger partial charge in [-0.2, -0.15) is 0 Å². The van der Waals surface area contributed by atoms with E-state index in [2.05, 4.69) is 4.98 Å². The maximum absolute atomic E-state index is 12.1. The summed E-state index contributed by atoms with van der Waals surface area (Å²) in [4.78, 5) is 16.4. The predicted octanol–water partition coefficient (Wildman–Crippen LogP) is 4.78. The van der Waals surface area contributed by atoms with Crippen molar-refractivity contribution in [3.8, 4) is 0 Å². The van der Waals surface area contributed by atoms with E-state index in [-0.39, 0.29) is 5.78 Å². The molecule has 3 aromatic rings. The quantitative estimate of drug-likeness (QED) is 0.513. The van der Waals surface area contributed by atoms with E-state index in [4.69, 9.17) is 11.6 Å². The lowest BCUT2D eigenvalue weighted by Gasteiger charge is -2.01. The Morgan fingerprint density at radius 2 is 1.76 bits per heavy atom.